The molecule has 0 saturated heterocycles. The molecule has 0 spiro atoms. The van der Waals surface area contributed by atoms with E-state index in [-0.39, 0.29) is 11.8 Å². The zero-order valence-electron chi connectivity index (χ0n) is 15.1. The molecule has 0 aliphatic rings. The fourth-order valence-corrected chi connectivity index (χ4v) is 2.64. The maximum atomic E-state index is 12.2. The van der Waals surface area contributed by atoms with Crippen molar-refractivity contribution < 1.29 is 9.59 Å². The molecular weight excluding hydrogens is 372 g/mol. The zero-order valence-corrected chi connectivity index (χ0v) is 15.8. The molecule has 0 radical (unpaired) electrons. The maximum Gasteiger partial charge on any atom is 0.251 e. The van der Waals surface area contributed by atoms with E-state index in [1.54, 1.807) is 42.5 Å². The highest BCUT2D eigenvalue weighted by molar-refractivity contribution is 6.30. The van der Waals surface area contributed by atoms with E-state index in [2.05, 4.69) is 10.6 Å². The van der Waals surface area contributed by atoms with Crippen LogP contribution in [0.2, 0.25) is 5.02 Å². The first kappa shape index (κ1) is 19.4. The third-order valence-corrected chi connectivity index (χ3v) is 4.26. The van der Waals surface area contributed by atoms with Gasteiger partial charge in [0.25, 0.3) is 5.91 Å². The summed E-state index contributed by atoms with van der Waals surface area (Å²) in [7, 11) is 0. The molecule has 2 N–H and O–H groups in total. The first-order chi connectivity index (χ1) is 13.6. The Morgan fingerprint density at radius 3 is 2.21 bits per heavy atom. The molecule has 28 heavy (non-hydrogen) atoms. The van der Waals surface area contributed by atoms with Crippen LogP contribution < -0.4 is 10.6 Å². The van der Waals surface area contributed by atoms with Crippen LogP contribution in [0.25, 0.3) is 6.08 Å². The van der Waals surface area contributed by atoms with Crippen molar-refractivity contribution in [2.75, 3.05) is 5.32 Å². The molecule has 0 fully saturated rings. The van der Waals surface area contributed by atoms with Crippen LogP contribution in [0.15, 0.2) is 84.9 Å². The van der Waals surface area contributed by atoms with Gasteiger partial charge < -0.3 is 10.6 Å². The van der Waals surface area contributed by atoms with E-state index in [1.165, 1.54) is 6.08 Å². The summed E-state index contributed by atoms with van der Waals surface area (Å²) in [5.41, 5.74) is 3.06. The monoisotopic (exact) mass is 390 g/mol. The fraction of sp³-hybridized carbons (Fsp3) is 0.0435. The molecule has 0 aromatic heterocycles. The molecule has 0 aliphatic carbocycles. The molecule has 0 bridgehead atoms. The molecule has 0 heterocycles. The SMILES string of the molecule is O=C(/C=C/c1ccc(Cl)cc1)Nc1ccc(C(=O)NCc2ccccc2)cc1. The van der Waals surface area contributed by atoms with Crippen LogP contribution in [-0.4, -0.2) is 11.8 Å². The summed E-state index contributed by atoms with van der Waals surface area (Å²) in [5.74, 6) is -0.416. The van der Waals surface area contributed by atoms with Crippen LogP contribution in [0.1, 0.15) is 21.5 Å². The predicted octanol–water partition coefficient (Wildman–Crippen LogP) is 4.92. The van der Waals surface area contributed by atoms with Gasteiger partial charge in [-0.3, -0.25) is 9.59 Å². The second kappa shape index (κ2) is 9.53. The van der Waals surface area contributed by atoms with Crippen LogP contribution in [0.3, 0.4) is 0 Å². The molecule has 0 aliphatic heterocycles. The number of amides is 2. The number of hydrogen-bond acceptors (Lipinski definition) is 2. The smallest absolute Gasteiger partial charge is 0.251 e. The third-order valence-electron chi connectivity index (χ3n) is 4.01. The summed E-state index contributed by atoms with van der Waals surface area (Å²) in [5, 5.41) is 6.28. The number of hydrogen-bond donors (Lipinski definition) is 2. The maximum absolute atomic E-state index is 12.2. The number of anilines is 1. The van der Waals surface area contributed by atoms with Crippen molar-refractivity contribution in [2.24, 2.45) is 0 Å². The lowest BCUT2D eigenvalue weighted by Gasteiger charge is -2.07. The van der Waals surface area contributed by atoms with Gasteiger partial charge in [0.05, 0.1) is 0 Å². The van der Waals surface area contributed by atoms with E-state index in [1.807, 2.05) is 42.5 Å². The zero-order chi connectivity index (χ0) is 19.8. The predicted molar refractivity (Wildman–Crippen MR) is 113 cm³/mol. The molecule has 3 aromatic carbocycles. The molecule has 4 nitrogen and oxygen atoms in total. The van der Waals surface area contributed by atoms with Crippen molar-refractivity contribution in [3.8, 4) is 0 Å². The molecule has 3 rings (SSSR count). The summed E-state index contributed by atoms with van der Waals surface area (Å²) in [6.07, 6.45) is 3.15. The third kappa shape index (κ3) is 5.83. The summed E-state index contributed by atoms with van der Waals surface area (Å²) in [4.78, 5) is 24.2. The van der Waals surface area contributed by atoms with Gasteiger partial charge in [-0.2, -0.15) is 0 Å². The Morgan fingerprint density at radius 1 is 0.857 bits per heavy atom. The lowest BCUT2D eigenvalue weighted by Crippen LogP contribution is -2.22. The van der Waals surface area contributed by atoms with Gasteiger partial charge in [0.15, 0.2) is 0 Å². The molecule has 5 heteroatoms. The standard InChI is InChI=1S/C23H19ClN2O2/c24-20-11-6-17(7-12-20)8-15-22(27)26-21-13-9-19(10-14-21)23(28)25-16-18-4-2-1-3-5-18/h1-15H,16H2,(H,25,28)(H,26,27)/b15-8+. The van der Waals surface area contributed by atoms with Crippen molar-refractivity contribution >= 4 is 35.2 Å². The van der Waals surface area contributed by atoms with Crippen molar-refractivity contribution in [1.82, 2.24) is 5.32 Å². The quantitative estimate of drug-likeness (QED) is 0.587. The van der Waals surface area contributed by atoms with E-state index >= 15 is 0 Å². The Bertz CT molecular complexity index is 966. The van der Waals surface area contributed by atoms with E-state index in [4.69, 9.17) is 11.6 Å². The Hall–Kier alpha value is -3.37. The number of benzene rings is 3. The Balaban J connectivity index is 1.52. The first-order valence-electron chi connectivity index (χ1n) is 8.77. The number of rotatable bonds is 6. The van der Waals surface area contributed by atoms with E-state index < -0.39 is 0 Å². The van der Waals surface area contributed by atoms with Gasteiger partial charge in [-0.25, -0.2) is 0 Å². The van der Waals surface area contributed by atoms with Gasteiger partial charge >= 0.3 is 0 Å². The van der Waals surface area contributed by atoms with Crippen LogP contribution >= 0.6 is 11.6 Å². The average Bonchev–Trinajstić information content (AvgIpc) is 2.73. The van der Waals surface area contributed by atoms with Crippen LogP contribution in [0.5, 0.6) is 0 Å². The minimum Gasteiger partial charge on any atom is -0.348 e. The Kier molecular flexibility index (Phi) is 6.60. The highest BCUT2D eigenvalue weighted by atomic mass is 35.5. The van der Waals surface area contributed by atoms with Gasteiger partial charge in [-0.15, -0.1) is 0 Å². The van der Waals surface area contributed by atoms with E-state index in [0.29, 0.717) is 22.8 Å². The number of carbonyl (C=O) groups excluding carboxylic acids is 2. The minimum absolute atomic E-state index is 0.163. The molecule has 3 aromatic rings. The molecule has 0 saturated carbocycles. The van der Waals surface area contributed by atoms with Gasteiger partial charge in [0.1, 0.15) is 0 Å². The normalized spacial score (nSPS) is 10.6. The first-order valence-corrected chi connectivity index (χ1v) is 9.15. The van der Waals surface area contributed by atoms with Crippen LogP contribution in [0, 0.1) is 0 Å². The van der Waals surface area contributed by atoms with Crippen molar-refractivity contribution in [3.63, 3.8) is 0 Å². The highest BCUT2D eigenvalue weighted by Crippen LogP contribution is 2.12. The molecule has 2 amide bonds. The van der Waals surface area contributed by atoms with E-state index in [0.717, 1.165) is 11.1 Å². The fourth-order valence-electron chi connectivity index (χ4n) is 2.51. The molecule has 140 valence electrons. The largest absolute Gasteiger partial charge is 0.348 e. The van der Waals surface area contributed by atoms with Gasteiger partial charge in [0, 0.05) is 28.9 Å². The summed E-state index contributed by atoms with van der Waals surface area (Å²) >= 11 is 5.84. The van der Waals surface area contributed by atoms with Gasteiger partial charge in [0.2, 0.25) is 5.91 Å². The Morgan fingerprint density at radius 2 is 1.54 bits per heavy atom. The number of halogens is 1. The van der Waals surface area contributed by atoms with E-state index in [9.17, 15) is 9.59 Å². The number of nitrogens with one attached hydrogen (secondary N) is 2. The molecule has 0 atom stereocenters. The van der Waals surface area contributed by atoms with Crippen molar-refractivity contribution in [1.29, 1.82) is 0 Å². The average molecular weight is 391 g/mol. The van der Waals surface area contributed by atoms with Crippen molar-refractivity contribution in [2.45, 2.75) is 6.54 Å². The topological polar surface area (TPSA) is 58.2 Å². The molecule has 0 unspecified atom stereocenters. The summed E-state index contributed by atoms with van der Waals surface area (Å²) in [6.45, 7) is 0.466. The van der Waals surface area contributed by atoms with Gasteiger partial charge in [-0.05, 0) is 53.6 Å². The van der Waals surface area contributed by atoms with Crippen LogP contribution in [0.4, 0.5) is 5.69 Å². The van der Waals surface area contributed by atoms with Gasteiger partial charge in [-0.1, -0.05) is 54.1 Å². The lowest BCUT2D eigenvalue weighted by atomic mass is 10.1. The highest BCUT2D eigenvalue weighted by Gasteiger charge is 2.06. The van der Waals surface area contributed by atoms with Crippen LogP contribution in [-0.2, 0) is 11.3 Å². The number of carbonyl (C=O) groups is 2. The summed E-state index contributed by atoms with van der Waals surface area (Å²) < 4.78 is 0. The Labute approximate surface area is 168 Å². The summed E-state index contributed by atoms with van der Waals surface area (Å²) in [6, 6.07) is 23.6. The molecular formula is C23H19ClN2O2. The second-order valence-electron chi connectivity index (χ2n) is 6.12. The minimum atomic E-state index is -0.253. The lowest BCUT2D eigenvalue weighted by molar-refractivity contribution is -0.111. The van der Waals surface area contributed by atoms with Crippen molar-refractivity contribution in [3.05, 3.63) is 107 Å². The second-order valence-corrected chi connectivity index (χ2v) is 6.56.